The summed E-state index contributed by atoms with van der Waals surface area (Å²) < 4.78 is 0. The zero-order chi connectivity index (χ0) is 12.5. The number of piperazine rings is 1. The lowest BCUT2D eigenvalue weighted by atomic mass is 10.00. The van der Waals surface area contributed by atoms with Crippen LogP contribution in [0, 0.1) is 0 Å². The van der Waals surface area contributed by atoms with Crippen molar-refractivity contribution < 1.29 is 0 Å². The summed E-state index contributed by atoms with van der Waals surface area (Å²) in [6, 6.07) is 0. The van der Waals surface area contributed by atoms with Crippen molar-refractivity contribution in [1.29, 1.82) is 0 Å². The number of aromatic nitrogens is 2. The predicted molar refractivity (Wildman–Crippen MR) is 70.5 cm³/mol. The lowest BCUT2D eigenvalue weighted by Crippen LogP contribution is -2.57. The lowest BCUT2D eigenvalue weighted by molar-refractivity contribution is 0.138. The van der Waals surface area contributed by atoms with Gasteiger partial charge in [0.15, 0.2) is 0 Å². The minimum absolute atomic E-state index is 0.164. The molecule has 0 aromatic carbocycles. The van der Waals surface area contributed by atoms with Gasteiger partial charge in [0.2, 0.25) is 0 Å². The molecule has 2 heterocycles. The highest BCUT2D eigenvalue weighted by Crippen LogP contribution is 2.22. The molecule has 0 unspecified atom stereocenters. The van der Waals surface area contributed by atoms with Crippen LogP contribution in [0.5, 0.6) is 0 Å². The van der Waals surface area contributed by atoms with E-state index in [9.17, 15) is 0 Å². The molecule has 1 aliphatic rings. The van der Waals surface area contributed by atoms with Crippen LogP contribution in [-0.4, -0.2) is 47.1 Å². The summed E-state index contributed by atoms with van der Waals surface area (Å²) in [6.45, 7) is 7.49. The smallest absolute Gasteiger partial charge is 0.147 e. The van der Waals surface area contributed by atoms with Gasteiger partial charge < -0.3 is 4.90 Å². The van der Waals surface area contributed by atoms with Crippen LogP contribution in [0.25, 0.3) is 0 Å². The summed E-state index contributed by atoms with van der Waals surface area (Å²) in [6.07, 6.45) is 3.54. The molecule has 17 heavy (non-hydrogen) atoms. The zero-order valence-corrected chi connectivity index (χ0v) is 11.4. The lowest BCUT2D eigenvalue weighted by Gasteiger charge is -2.45. The molecule has 2 rings (SSSR count). The van der Waals surface area contributed by atoms with Crippen LogP contribution in [0.2, 0.25) is 0 Å². The Morgan fingerprint density at radius 3 is 2.76 bits per heavy atom. The third-order valence-electron chi connectivity index (χ3n) is 3.45. The van der Waals surface area contributed by atoms with Crippen LogP contribution in [-0.2, 0) is 5.88 Å². The fourth-order valence-corrected chi connectivity index (χ4v) is 2.18. The first-order chi connectivity index (χ1) is 8.03. The van der Waals surface area contributed by atoms with Gasteiger partial charge in [0.05, 0.1) is 17.8 Å². The molecule has 0 amide bonds. The monoisotopic (exact) mass is 254 g/mol. The maximum absolute atomic E-state index is 5.79. The molecule has 1 saturated heterocycles. The van der Waals surface area contributed by atoms with E-state index in [2.05, 4.69) is 40.7 Å². The second-order valence-electron chi connectivity index (χ2n) is 5.16. The number of halogens is 1. The standard InChI is InChI=1S/C12H19ClN4/c1-12(2)9-17(5-4-16(12)3)11-8-14-7-10(6-13)15-11/h7-8H,4-6,9H2,1-3H3. The molecule has 1 fully saturated rings. The quantitative estimate of drug-likeness (QED) is 0.753. The molecule has 94 valence electrons. The van der Waals surface area contributed by atoms with Crippen LogP contribution in [0.4, 0.5) is 5.82 Å². The number of alkyl halides is 1. The van der Waals surface area contributed by atoms with Gasteiger partial charge in [-0.25, -0.2) is 4.98 Å². The van der Waals surface area contributed by atoms with E-state index in [1.165, 1.54) is 0 Å². The van der Waals surface area contributed by atoms with Gasteiger partial charge in [-0.1, -0.05) is 0 Å². The Kier molecular flexibility index (Phi) is 3.54. The molecule has 0 aliphatic carbocycles. The van der Waals surface area contributed by atoms with Gasteiger partial charge in [0, 0.05) is 31.4 Å². The van der Waals surface area contributed by atoms with Crippen LogP contribution in [0.1, 0.15) is 19.5 Å². The van der Waals surface area contributed by atoms with E-state index in [0.717, 1.165) is 31.1 Å². The first-order valence-electron chi connectivity index (χ1n) is 5.86. The molecule has 5 heteroatoms. The molecule has 0 spiro atoms. The molecule has 0 radical (unpaired) electrons. The highest BCUT2D eigenvalue weighted by atomic mass is 35.5. The van der Waals surface area contributed by atoms with Crippen LogP contribution in [0.15, 0.2) is 12.4 Å². The van der Waals surface area contributed by atoms with Crippen molar-refractivity contribution in [3.05, 3.63) is 18.1 Å². The summed E-state index contributed by atoms with van der Waals surface area (Å²) in [7, 11) is 2.16. The second-order valence-corrected chi connectivity index (χ2v) is 5.43. The summed E-state index contributed by atoms with van der Waals surface area (Å²) >= 11 is 5.79. The largest absolute Gasteiger partial charge is 0.352 e. The Morgan fingerprint density at radius 2 is 2.12 bits per heavy atom. The van der Waals surface area contributed by atoms with E-state index in [4.69, 9.17) is 11.6 Å². The van der Waals surface area contributed by atoms with Crippen molar-refractivity contribution in [2.75, 3.05) is 31.6 Å². The van der Waals surface area contributed by atoms with E-state index >= 15 is 0 Å². The molecule has 1 aromatic rings. The highest BCUT2D eigenvalue weighted by Gasteiger charge is 2.31. The Morgan fingerprint density at radius 1 is 1.35 bits per heavy atom. The molecule has 0 atom stereocenters. The van der Waals surface area contributed by atoms with Gasteiger partial charge in [-0.15, -0.1) is 11.6 Å². The van der Waals surface area contributed by atoms with E-state index < -0.39 is 0 Å². The van der Waals surface area contributed by atoms with Gasteiger partial charge in [0.25, 0.3) is 0 Å². The molecule has 0 bridgehead atoms. The Hall–Kier alpha value is -0.870. The average Bonchev–Trinajstić information content (AvgIpc) is 2.32. The molecule has 1 aliphatic heterocycles. The number of nitrogens with zero attached hydrogens (tertiary/aromatic N) is 4. The number of rotatable bonds is 2. The summed E-state index contributed by atoms with van der Waals surface area (Å²) in [5.74, 6) is 1.35. The van der Waals surface area contributed by atoms with Gasteiger partial charge in [-0.05, 0) is 20.9 Å². The molecule has 4 nitrogen and oxygen atoms in total. The minimum Gasteiger partial charge on any atom is -0.352 e. The van der Waals surface area contributed by atoms with Crippen molar-refractivity contribution in [2.24, 2.45) is 0 Å². The molecule has 1 aromatic heterocycles. The average molecular weight is 255 g/mol. The third-order valence-corrected chi connectivity index (χ3v) is 3.72. The van der Waals surface area contributed by atoms with Crippen LogP contribution < -0.4 is 4.90 Å². The van der Waals surface area contributed by atoms with E-state index in [1.54, 1.807) is 6.20 Å². The van der Waals surface area contributed by atoms with Crippen molar-refractivity contribution >= 4 is 17.4 Å². The number of hydrogen-bond acceptors (Lipinski definition) is 4. The Balaban J connectivity index is 2.17. The fraction of sp³-hybridized carbons (Fsp3) is 0.667. The summed E-state index contributed by atoms with van der Waals surface area (Å²) in [5.41, 5.74) is 0.998. The number of anilines is 1. The van der Waals surface area contributed by atoms with Crippen molar-refractivity contribution in [3.8, 4) is 0 Å². The molecular formula is C12H19ClN4. The minimum atomic E-state index is 0.164. The Labute approximate surface area is 108 Å². The predicted octanol–water partition coefficient (Wildman–Crippen LogP) is 1.75. The first-order valence-corrected chi connectivity index (χ1v) is 6.39. The second kappa shape index (κ2) is 4.78. The topological polar surface area (TPSA) is 32.3 Å². The number of hydrogen-bond donors (Lipinski definition) is 0. The summed E-state index contributed by atoms with van der Waals surface area (Å²) in [5, 5.41) is 0. The van der Waals surface area contributed by atoms with Crippen molar-refractivity contribution in [2.45, 2.75) is 25.3 Å². The third kappa shape index (κ3) is 2.69. The van der Waals surface area contributed by atoms with E-state index in [-0.39, 0.29) is 5.54 Å². The number of likely N-dealkylation sites (N-methyl/N-ethyl adjacent to an activating group) is 1. The maximum Gasteiger partial charge on any atom is 0.147 e. The normalized spacial score (nSPS) is 20.6. The van der Waals surface area contributed by atoms with Gasteiger partial charge in [-0.3, -0.25) is 9.88 Å². The maximum atomic E-state index is 5.79. The molecule has 0 saturated carbocycles. The molecule has 0 N–H and O–H groups in total. The van der Waals surface area contributed by atoms with Crippen LogP contribution >= 0.6 is 11.6 Å². The van der Waals surface area contributed by atoms with Crippen LogP contribution in [0.3, 0.4) is 0 Å². The molecular weight excluding hydrogens is 236 g/mol. The van der Waals surface area contributed by atoms with Gasteiger partial charge in [-0.2, -0.15) is 0 Å². The van der Waals surface area contributed by atoms with E-state index in [0.29, 0.717) is 5.88 Å². The van der Waals surface area contributed by atoms with Crippen molar-refractivity contribution in [3.63, 3.8) is 0 Å². The fourth-order valence-electron chi connectivity index (χ4n) is 2.05. The van der Waals surface area contributed by atoms with Gasteiger partial charge in [0.1, 0.15) is 5.82 Å². The van der Waals surface area contributed by atoms with Crippen molar-refractivity contribution in [1.82, 2.24) is 14.9 Å². The zero-order valence-electron chi connectivity index (χ0n) is 10.6. The highest BCUT2D eigenvalue weighted by molar-refractivity contribution is 6.16. The first kappa shape index (κ1) is 12.6. The summed E-state index contributed by atoms with van der Waals surface area (Å²) in [4.78, 5) is 13.4. The van der Waals surface area contributed by atoms with Gasteiger partial charge >= 0.3 is 0 Å². The van der Waals surface area contributed by atoms with E-state index in [1.807, 2.05) is 6.20 Å². The Bertz CT molecular complexity index is 394. The SMILES string of the molecule is CN1CCN(c2cncc(CCl)n2)CC1(C)C.